The first-order valence-electron chi connectivity index (χ1n) is 10.5. The zero-order chi connectivity index (χ0) is 22.8. The summed E-state index contributed by atoms with van der Waals surface area (Å²) in [5.74, 6) is 2.75. The van der Waals surface area contributed by atoms with Crippen molar-refractivity contribution >= 4 is 28.3 Å². The third-order valence-corrected chi connectivity index (χ3v) is 6.53. The Balaban J connectivity index is 1.18. The van der Waals surface area contributed by atoms with Crippen molar-refractivity contribution in [3.05, 3.63) is 64.7 Å². The Morgan fingerprint density at radius 2 is 2.03 bits per heavy atom. The van der Waals surface area contributed by atoms with Crippen molar-refractivity contribution in [2.75, 3.05) is 20.4 Å². The van der Waals surface area contributed by atoms with Crippen molar-refractivity contribution in [2.24, 2.45) is 0 Å². The molecule has 0 spiro atoms. The van der Waals surface area contributed by atoms with Crippen LogP contribution in [0.15, 0.2) is 48.5 Å². The van der Waals surface area contributed by atoms with Gasteiger partial charge in [-0.2, -0.15) is 4.98 Å². The summed E-state index contributed by atoms with van der Waals surface area (Å²) in [7, 11) is 1.64. The van der Waals surface area contributed by atoms with Gasteiger partial charge in [0.25, 0.3) is 0 Å². The number of carbonyl (C=O) groups is 1. The molecule has 168 valence electrons. The Morgan fingerprint density at radius 1 is 1.21 bits per heavy atom. The number of aromatic nitrogens is 3. The average Bonchev–Trinajstić information content (AvgIpc) is 3.54. The van der Waals surface area contributed by atoms with Crippen molar-refractivity contribution < 1.29 is 19.0 Å². The molecule has 0 saturated heterocycles. The van der Waals surface area contributed by atoms with Crippen LogP contribution >= 0.6 is 11.3 Å². The fourth-order valence-electron chi connectivity index (χ4n) is 3.53. The van der Waals surface area contributed by atoms with Gasteiger partial charge in [-0.25, -0.2) is 4.52 Å². The summed E-state index contributed by atoms with van der Waals surface area (Å²) in [5, 5.41) is 7.58. The third-order valence-electron chi connectivity index (χ3n) is 5.34. The van der Waals surface area contributed by atoms with E-state index in [9.17, 15) is 4.79 Å². The number of nitrogens with one attached hydrogen (secondary N) is 1. The second-order valence-corrected chi connectivity index (χ2v) is 8.52. The van der Waals surface area contributed by atoms with Crippen LogP contribution in [0.25, 0.3) is 22.4 Å². The number of methoxy groups -OCH3 is 1. The molecule has 0 saturated carbocycles. The van der Waals surface area contributed by atoms with Gasteiger partial charge in [-0.15, -0.1) is 5.10 Å². The van der Waals surface area contributed by atoms with Crippen molar-refractivity contribution in [1.82, 2.24) is 19.9 Å². The first kappa shape index (κ1) is 21.0. The number of hydrogen-bond donors (Lipinski definition) is 1. The third kappa shape index (κ3) is 4.40. The van der Waals surface area contributed by atoms with Gasteiger partial charge in [0.1, 0.15) is 5.75 Å². The second-order valence-electron chi connectivity index (χ2n) is 7.46. The van der Waals surface area contributed by atoms with E-state index in [-0.39, 0.29) is 12.7 Å². The smallest absolute Gasteiger partial charge is 0.244 e. The van der Waals surface area contributed by atoms with Crippen LogP contribution in [0.3, 0.4) is 0 Å². The number of fused-ring (bicyclic) bond motifs is 2. The van der Waals surface area contributed by atoms with Crippen molar-refractivity contribution in [2.45, 2.75) is 13.3 Å². The summed E-state index contributed by atoms with van der Waals surface area (Å²) in [6.45, 7) is 2.78. The van der Waals surface area contributed by atoms with Gasteiger partial charge in [-0.05, 0) is 55.0 Å². The van der Waals surface area contributed by atoms with Gasteiger partial charge in [0, 0.05) is 29.5 Å². The number of benzene rings is 2. The Bertz CT molecular complexity index is 1340. The summed E-state index contributed by atoms with van der Waals surface area (Å²) in [5.41, 5.74) is 2.85. The van der Waals surface area contributed by atoms with E-state index in [1.54, 1.807) is 24.5 Å². The highest BCUT2D eigenvalue weighted by Crippen LogP contribution is 2.32. The standard InChI is InChI=1S/C24H22N4O4S/c1-15-21(33-24-26-23(27-28(15)24)17-5-7-18(30-2)8-6-17)11-12-25-22(29)10-4-16-3-9-19-20(13-16)32-14-31-19/h3-10,13H,11-12,14H2,1-2H3,(H,25,29)/b10-4+. The second kappa shape index (κ2) is 8.95. The molecule has 0 fully saturated rings. The predicted octanol–water partition coefficient (Wildman–Crippen LogP) is 3.88. The fraction of sp³-hybridized carbons (Fsp3) is 0.208. The maximum atomic E-state index is 12.2. The monoisotopic (exact) mass is 462 g/mol. The quantitative estimate of drug-likeness (QED) is 0.420. The van der Waals surface area contributed by atoms with E-state index >= 15 is 0 Å². The maximum absolute atomic E-state index is 12.2. The highest BCUT2D eigenvalue weighted by molar-refractivity contribution is 7.17. The normalized spacial score (nSPS) is 12.5. The number of amides is 1. The van der Waals surface area contributed by atoms with Crippen LogP contribution in [0.2, 0.25) is 0 Å². The van der Waals surface area contributed by atoms with E-state index in [2.05, 4.69) is 15.4 Å². The predicted molar refractivity (Wildman–Crippen MR) is 126 cm³/mol. The molecule has 1 aliphatic rings. The number of thiazole rings is 1. The first-order valence-corrected chi connectivity index (χ1v) is 11.3. The molecule has 4 aromatic rings. The maximum Gasteiger partial charge on any atom is 0.244 e. The Hall–Kier alpha value is -3.85. The van der Waals surface area contributed by atoms with Gasteiger partial charge < -0.3 is 19.5 Å². The average molecular weight is 463 g/mol. The molecule has 1 amide bonds. The molecule has 0 aliphatic carbocycles. The van der Waals surface area contributed by atoms with Gasteiger partial charge >= 0.3 is 0 Å². The first-order chi connectivity index (χ1) is 16.1. The minimum atomic E-state index is -0.147. The summed E-state index contributed by atoms with van der Waals surface area (Å²) >= 11 is 1.59. The number of ether oxygens (including phenoxy) is 3. The van der Waals surface area contributed by atoms with Crippen LogP contribution in [-0.2, 0) is 11.2 Å². The molecule has 1 N–H and O–H groups in total. The molecule has 9 heteroatoms. The van der Waals surface area contributed by atoms with Crippen LogP contribution in [0.5, 0.6) is 17.2 Å². The Labute approximate surface area is 194 Å². The highest BCUT2D eigenvalue weighted by atomic mass is 32.1. The molecule has 8 nitrogen and oxygen atoms in total. The van der Waals surface area contributed by atoms with E-state index in [1.165, 1.54) is 6.08 Å². The summed E-state index contributed by atoms with van der Waals surface area (Å²) in [6.07, 6.45) is 3.99. The summed E-state index contributed by atoms with van der Waals surface area (Å²) in [6, 6.07) is 13.3. The minimum Gasteiger partial charge on any atom is -0.497 e. The van der Waals surface area contributed by atoms with Crippen molar-refractivity contribution in [3.8, 4) is 28.6 Å². The zero-order valence-corrected chi connectivity index (χ0v) is 19.0. The molecule has 0 atom stereocenters. The SMILES string of the molecule is COc1ccc(-c2nc3sc(CCNC(=O)/C=C/c4ccc5c(c4)OCO5)c(C)n3n2)cc1. The number of rotatable bonds is 7. The lowest BCUT2D eigenvalue weighted by Crippen LogP contribution is -2.23. The number of nitrogens with zero attached hydrogens (tertiary/aromatic N) is 3. The molecule has 0 radical (unpaired) electrons. The van der Waals surface area contributed by atoms with Crippen LogP contribution in [-0.4, -0.2) is 41.0 Å². The molecule has 5 rings (SSSR count). The van der Waals surface area contributed by atoms with Crippen LogP contribution in [0.4, 0.5) is 0 Å². The van der Waals surface area contributed by atoms with Crippen molar-refractivity contribution in [1.29, 1.82) is 0 Å². The molecular formula is C24H22N4O4S. The number of aryl methyl sites for hydroxylation is 1. The summed E-state index contributed by atoms with van der Waals surface area (Å²) < 4.78 is 17.7. The lowest BCUT2D eigenvalue weighted by Gasteiger charge is -2.02. The van der Waals surface area contributed by atoms with Crippen LogP contribution < -0.4 is 19.5 Å². The molecule has 0 bridgehead atoms. The Morgan fingerprint density at radius 3 is 2.82 bits per heavy atom. The van der Waals surface area contributed by atoms with Gasteiger partial charge in [0.15, 0.2) is 17.3 Å². The molecule has 0 unspecified atom stereocenters. The molecule has 2 aromatic carbocycles. The fourth-order valence-corrected chi connectivity index (χ4v) is 4.58. The summed E-state index contributed by atoms with van der Waals surface area (Å²) in [4.78, 5) is 18.8. The zero-order valence-electron chi connectivity index (χ0n) is 18.2. The van der Waals surface area contributed by atoms with Gasteiger partial charge in [0.2, 0.25) is 17.7 Å². The largest absolute Gasteiger partial charge is 0.497 e. The van der Waals surface area contributed by atoms with E-state index in [1.807, 2.05) is 53.9 Å². The topological polar surface area (TPSA) is 87.0 Å². The Kier molecular flexibility index (Phi) is 5.70. The number of carbonyl (C=O) groups excluding carboxylic acids is 1. The minimum absolute atomic E-state index is 0.147. The molecule has 3 heterocycles. The highest BCUT2D eigenvalue weighted by Gasteiger charge is 2.15. The van der Waals surface area contributed by atoms with E-state index in [4.69, 9.17) is 14.2 Å². The van der Waals surface area contributed by atoms with Crippen molar-refractivity contribution in [3.63, 3.8) is 0 Å². The lowest BCUT2D eigenvalue weighted by molar-refractivity contribution is -0.116. The van der Waals surface area contributed by atoms with Crippen LogP contribution in [0, 0.1) is 6.92 Å². The molecule has 33 heavy (non-hydrogen) atoms. The van der Waals surface area contributed by atoms with E-state index in [0.717, 1.165) is 38.2 Å². The molecule has 2 aromatic heterocycles. The van der Waals surface area contributed by atoms with Gasteiger partial charge in [0.05, 0.1) is 12.8 Å². The van der Waals surface area contributed by atoms with Crippen LogP contribution in [0.1, 0.15) is 16.1 Å². The number of hydrogen-bond acceptors (Lipinski definition) is 7. The van der Waals surface area contributed by atoms with Gasteiger partial charge in [-0.1, -0.05) is 17.4 Å². The lowest BCUT2D eigenvalue weighted by atomic mass is 10.2. The van der Waals surface area contributed by atoms with E-state index < -0.39 is 0 Å². The molecule has 1 aliphatic heterocycles. The van der Waals surface area contributed by atoms with Gasteiger partial charge in [-0.3, -0.25) is 4.79 Å². The van der Waals surface area contributed by atoms with E-state index in [0.29, 0.717) is 24.5 Å². The molecular weight excluding hydrogens is 440 g/mol.